The minimum Gasteiger partial charge on any atom is -0.457 e. The molecule has 1 aromatic carbocycles. The van der Waals surface area contributed by atoms with Gasteiger partial charge in [0, 0.05) is 24.2 Å². The number of aliphatic imine (C=N–C) groups is 1. The van der Waals surface area contributed by atoms with Crippen molar-refractivity contribution in [3.8, 4) is 11.3 Å². The third-order valence-corrected chi connectivity index (χ3v) is 6.23. The number of likely N-dealkylation sites (N-methyl/N-ethyl adjacent to an activating group) is 1. The van der Waals surface area contributed by atoms with Gasteiger partial charge in [-0.15, -0.1) is 11.3 Å². The number of hydrogen-bond acceptors (Lipinski definition) is 6. The van der Waals surface area contributed by atoms with Crippen molar-refractivity contribution in [2.75, 3.05) is 6.54 Å². The summed E-state index contributed by atoms with van der Waals surface area (Å²) in [6.07, 6.45) is 3.39. The fraction of sp³-hybridized carbons (Fsp3) is 0.105. The van der Waals surface area contributed by atoms with E-state index in [0.717, 1.165) is 0 Å². The highest BCUT2D eigenvalue weighted by Crippen LogP contribution is 2.38. The van der Waals surface area contributed by atoms with Crippen molar-refractivity contribution in [1.29, 1.82) is 0 Å². The van der Waals surface area contributed by atoms with Crippen molar-refractivity contribution in [2.24, 2.45) is 4.99 Å². The number of thioether (sulfide) groups is 1. The molecule has 0 saturated carbocycles. The second-order valence-corrected chi connectivity index (χ2v) is 8.36. The molecule has 28 heavy (non-hydrogen) atoms. The Labute approximate surface area is 179 Å². The largest absolute Gasteiger partial charge is 0.457 e. The second-order valence-electron chi connectivity index (χ2n) is 5.67. The third kappa shape index (κ3) is 3.75. The summed E-state index contributed by atoms with van der Waals surface area (Å²) in [6.45, 7) is 2.43. The number of halogens is 2. The van der Waals surface area contributed by atoms with Crippen LogP contribution in [0.2, 0.25) is 10.0 Å². The van der Waals surface area contributed by atoms with E-state index in [-0.39, 0.29) is 5.91 Å². The topological polar surface area (TPSA) is 58.7 Å². The molecule has 0 unspecified atom stereocenters. The monoisotopic (exact) mass is 449 g/mol. The Balaban J connectivity index is 1.65. The van der Waals surface area contributed by atoms with Crippen molar-refractivity contribution in [3.63, 3.8) is 0 Å². The normalized spacial score (nSPS) is 17.2. The molecule has 0 atom stereocenters. The summed E-state index contributed by atoms with van der Waals surface area (Å²) < 4.78 is 5.87. The maximum Gasteiger partial charge on any atom is 0.266 e. The van der Waals surface area contributed by atoms with Crippen LogP contribution in [0.15, 0.2) is 56.2 Å². The lowest BCUT2D eigenvalue weighted by Crippen LogP contribution is -2.28. The van der Waals surface area contributed by atoms with E-state index in [1.165, 1.54) is 23.1 Å². The molecule has 9 heteroatoms. The van der Waals surface area contributed by atoms with E-state index in [1.807, 2.05) is 12.3 Å². The fourth-order valence-electron chi connectivity index (χ4n) is 2.65. The molecule has 0 radical (unpaired) electrons. The zero-order valence-electron chi connectivity index (χ0n) is 14.6. The lowest BCUT2D eigenvalue weighted by molar-refractivity contribution is -0.122. The summed E-state index contributed by atoms with van der Waals surface area (Å²) in [6, 6.07) is 8.84. The van der Waals surface area contributed by atoms with Gasteiger partial charge in [0.2, 0.25) is 5.13 Å². The summed E-state index contributed by atoms with van der Waals surface area (Å²) in [5.74, 6) is 0.965. The number of nitrogens with zero attached hydrogens (tertiary/aromatic N) is 3. The number of amides is 1. The number of thiazole rings is 1. The average molecular weight is 450 g/mol. The first-order valence-corrected chi connectivity index (χ1v) is 10.8. The minimum atomic E-state index is -0.114. The van der Waals surface area contributed by atoms with E-state index >= 15 is 0 Å². The number of benzene rings is 1. The number of amidine groups is 1. The Morgan fingerprint density at radius 2 is 2.04 bits per heavy atom. The third-order valence-electron chi connectivity index (χ3n) is 3.92. The van der Waals surface area contributed by atoms with E-state index in [1.54, 1.807) is 47.5 Å². The van der Waals surface area contributed by atoms with Crippen molar-refractivity contribution in [3.05, 3.63) is 62.6 Å². The molecule has 1 aliphatic heterocycles. The quantitative estimate of drug-likeness (QED) is 0.436. The molecule has 0 N–H and O–H groups in total. The average Bonchev–Trinajstić information content (AvgIpc) is 3.39. The van der Waals surface area contributed by atoms with Crippen LogP contribution in [0.3, 0.4) is 0 Å². The van der Waals surface area contributed by atoms with Gasteiger partial charge >= 0.3 is 0 Å². The molecule has 1 amide bonds. The Kier molecular flexibility index (Phi) is 5.59. The highest BCUT2D eigenvalue weighted by atomic mass is 35.5. The van der Waals surface area contributed by atoms with Crippen LogP contribution in [0.4, 0.5) is 5.13 Å². The second kappa shape index (κ2) is 8.13. The number of carbonyl (C=O) groups excluding carboxylic acids is 1. The molecule has 3 heterocycles. The molecule has 1 saturated heterocycles. The smallest absolute Gasteiger partial charge is 0.266 e. The van der Waals surface area contributed by atoms with Gasteiger partial charge in [0.15, 0.2) is 5.17 Å². The van der Waals surface area contributed by atoms with E-state index in [0.29, 0.717) is 48.9 Å². The van der Waals surface area contributed by atoms with Gasteiger partial charge in [0.25, 0.3) is 5.91 Å². The number of aromatic nitrogens is 1. The molecule has 5 nitrogen and oxygen atoms in total. The molecule has 0 bridgehead atoms. The van der Waals surface area contributed by atoms with Crippen LogP contribution in [0.25, 0.3) is 17.4 Å². The molecule has 142 valence electrons. The number of hydrogen-bond donors (Lipinski definition) is 0. The summed E-state index contributed by atoms with van der Waals surface area (Å²) in [4.78, 5) is 23.5. The molecule has 0 spiro atoms. The zero-order chi connectivity index (χ0) is 19.7. The van der Waals surface area contributed by atoms with Crippen LogP contribution in [0, 0.1) is 0 Å². The van der Waals surface area contributed by atoms with Gasteiger partial charge < -0.3 is 4.42 Å². The predicted molar refractivity (Wildman–Crippen MR) is 116 cm³/mol. The first-order chi connectivity index (χ1) is 13.6. The molecule has 1 fully saturated rings. The van der Waals surface area contributed by atoms with Gasteiger partial charge in [0.1, 0.15) is 11.5 Å². The van der Waals surface area contributed by atoms with E-state index in [2.05, 4.69) is 9.98 Å². The van der Waals surface area contributed by atoms with E-state index in [9.17, 15) is 4.79 Å². The predicted octanol–water partition coefficient (Wildman–Crippen LogP) is 6.33. The minimum absolute atomic E-state index is 0.114. The van der Waals surface area contributed by atoms with Crippen molar-refractivity contribution < 1.29 is 9.21 Å². The lowest BCUT2D eigenvalue weighted by Gasteiger charge is -2.11. The Morgan fingerprint density at radius 1 is 1.25 bits per heavy atom. The highest BCUT2D eigenvalue weighted by Gasteiger charge is 2.32. The molecule has 2 aromatic heterocycles. The van der Waals surface area contributed by atoms with Crippen LogP contribution in [0.5, 0.6) is 0 Å². The first-order valence-electron chi connectivity index (χ1n) is 8.30. The number of carbonyl (C=O) groups is 1. The van der Waals surface area contributed by atoms with Crippen molar-refractivity contribution in [2.45, 2.75) is 6.92 Å². The van der Waals surface area contributed by atoms with Crippen molar-refractivity contribution in [1.82, 2.24) is 9.88 Å². The van der Waals surface area contributed by atoms with Crippen LogP contribution >= 0.6 is 46.3 Å². The van der Waals surface area contributed by atoms with Crippen molar-refractivity contribution >= 4 is 68.6 Å². The summed E-state index contributed by atoms with van der Waals surface area (Å²) >= 11 is 15.2. The lowest BCUT2D eigenvalue weighted by atomic mass is 10.2. The molecular weight excluding hydrogens is 437 g/mol. The van der Waals surface area contributed by atoms with E-state index < -0.39 is 0 Å². The highest BCUT2D eigenvalue weighted by molar-refractivity contribution is 8.18. The molecule has 3 aromatic rings. The Hall–Kier alpha value is -2.06. The number of rotatable bonds is 4. The molecule has 4 rings (SSSR count). The summed E-state index contributed by atoms with van der Waals surface area (Å²) in [5.41, 5.74) is 0.627. The van der Waals surface area contributed by atoms with Crippen LogP contribution in [-0.2, 0) is 4.79 Å². The fourth-order valence-corrected chi connectivity index (χ4v) is 4.82. The maximum atomic E-state index is 12.7. The van der Waals surface area contributed by atoms with Gasteiger partial charge in [0.05, 0.1) is 20.5 Å². The summed E-state index contributed by atoms with van der Waals surface area (Å²) in [5, 5.41) is 4.07. The van der Waals surface area contributed by atoms with Gasteiger partial charge in [-0.05, 0) is 43.0 Å². The molecule has 1 aliphatic rings. The van der Waals surface area contributed by atoms with Gasteiger partial charge in [-0.2, -0.15) is 4.99 Å². The SMILES string of the molecule is CCN1C(=O)/C(=C\c2ccc(-c3c(Cl)cccc3Cl)o2)S/C1=N/c1nccs1. The van der Waals surface area contributed by atoms with Crippen LogP contribution in [0.1, 0.15) is 12.7 Å². The van der Waals surface area contributed by atoms with Crippen LogP contribution < -0.4 is 0 Å². The van der Waals surface area contributed by atoms with Gasteiger partial charge in [-0.1, -0.05) is 29.3 Å². The van der Waals surface area contributed by atoms with E-state index in [4.69, 9.17) is 27.6 Å². The molecule has 0 aliphatic carbocycles. The zero-order valence-corrected chi connectivity index (χ0v) is 17.7. The van der Waals surface area contributed by atoms with Crippen LogP contribution in [-0.4, -0.2) is 27.5 Å². The Morgan fingerprint density at radius 3 is 2.71 bits per heavy atom. The number of furan rings is 1. The van der Waals surface area contributed by atoms with Gasteiger partial charge in [-0.25, -0.2) is 4.98 Å². The molecular formula is C19H13Cl2N3O2S2. The van der Waals surface area contributed by atoms with Gasteiger partial charge in [-0.3, -0.25) is 9.69 Å². The summed E-state index contributed by atoms with van der Waals surface area (Å²) in [7, 11) is 0. The first kappa shape index (κ1) is 19.3. The Bertz CT molecular complexity index is 1070. The maximum absolute atomic E-state index is 12.7. The standard InChI is InChI=1S/C19H13Cl2N3O2S2/c1-2-24-17(25)15(28-19(24)23-18-22-8-9-27-18)10-11-6-7-14(26-11)16-12(20)4-3-5-13(16)21/h3-10H,2H2,1H3/b15-10+,23-19+.